The number of carboxylic acid groups (broad SMARTS) is 1. The van der Waals surface area contributed by atoms with E-state index in [1.165, 1.54) is 41.3 Å². The number of hydrogen-bond donors (Lipinski definition) is 1. The van der Waals surface area contributed by atoms with Crippen LogP contribution in [-0.2, 0) is 19.2 Å². The number of amides is 1. The normalized spacial score (nSPS) is 12.5. The first-order valence-corrected chi connectivity index (χ1v) is 11.9. The highest BCUT2D eigenvalue weighted by molar-refractivity contribution is 6.06. The summed E-state index contributed by atoms with van der Waals surface area (Å²) in [6.07, 6.45) is -3.92. The maximum absolute atomic E-state index is 13.5. The highest BCUT2D eigenvalue weighted by Crippen LogP contribution is 2.33. The van der Waals surface area contributed by atoms with E-state index in [1.54, 1.807) is 25.2 Å². The summed E-state index contributed by atoms with van der Waals surface area (Å²) in [7, 11) is 1.60. The van der Waals surface area contributed by atoms with Crippen LogP contribution in [0.4, 0.5) is 18.9 Å². The number of ether oxygens (including phenoxy) is 2. The van der Waals surface area contributed by atoms with Crippen LogP contribution >= 0.6 is 0 Å². The molecule has 1 N–H and O–H groups in total. The van der Waals surface area contributed by atoms with Crippen LogP contribution in [0.3, 0.4) is 0 Å². The maximum atomic E-state index is 13.5. The number of aromatic carboxylic acids is 1. The summed E-state index contributed by atoms with van der Waals surface area (Å²) in [5, 5.41) is 12.7. The van der Waals surface area contributed by atoms with Gasteiger partial charge in [0.25, 0.3) is 5.91 Å². The monoisotopic (exact) mass is 537 g/mol. The second kappa shape index (κ2) is 10.2. The van der Waals surface area contributed by atoms with E-state index in [0.717, 1.165) is 28.5 Å². The fraction of sp³-hybridized carbons (Fsp3) is 0.179. The van der Waals surface area contributed by atoms with Crippen LogP contribution in [0.15, 0.2) is 72.8 Å². The number of rotatable bonds is 7. The first kappa shape index (κ1) is 25.8. The molecule has 0 fully saturated rings. The number of nitrogens with zero attached hydrogens (tertiary/aromatic N) is 3. The van der Waals surface area contributed by atoms with E-state index in [1.807, 2.05) is 12.1 Å². The van der Waals surface area contributed by atoms with Crippen molar-refractivity contribution < 1.29 is 37.3 Å². The Morgan fingerprint density at radius 1 is 1.05 bits per heavy atom. The number of halogens is 3. The van der Waals surface area contributed by atoms with Crippen molar-refractivity contribution in [2.45, 2.75) is 19.2 Å². The lowest BCUT2D eigenvalue weighted by Gasteiger charge is -2.19. The minimum Gasteiger partial charge on any atom is -0.493 e. The fourth-order valence-electron chi connectivity index (χ4n) is 4.14. The van der Waals surface area contributed by atoms with Crippen molar-refractivity contribution in [1.29, 1.82) is 0 Å². The zero-order valence-electron chi connectivity index (χ0n) is 20.6. The van der Waals surface area contributed by atoms with E-state index in [-0.39, 0.29) is 35.2 Å². The van der Waals surface area contributed by atoms with Crippen molar-refractivity contribution in [3.8, 4) is 17.3 Å². The molecule has 11 heteroatoms. The van der Waals surface area contributed by atoms with Gasteiger partial charge in [-0.15, -0.1) is 0 Å². The lowest BCUT2D eigenvalue weighted by Crippen LogP contribution is -2.26. The predicted octanol–water partition coefficient (Wildman–Crippen LogP) is 5.38. The number of carboxylic acids is 1. The van der Waals surface area contributed by atoms with E-state index in [4.69, 9.17) is 14.6 Å². The predicted molar refractivity (Wildman–Crippen MR) is 135 cm³/mol. The van der Waals surface area contributed by atoms with E-state index in [0.29, 0.717) is 17.9 Å². The number of alkyl halides is 3. The maximum Gasteiger partial charge on any atom is 0.435 e. The molecule has 1 aliphatic heterocycles. The van der Waals surface area contributed by atoms with Gasteiger partial charge in [-0.3, -0.25) is 4.79 Å². The molecule has 4 aromatic rings. The number of benzene rings is 3. The largest absolute Gasteiger partial charge is 0.493 e. The summed E-state index contributed by atoms with van der Waals surface area (Å²) >= 11 is 0. The molecular formula is C28H22F3N3O5. The van der Waals surface area contributed by atoms with E-state index < -0.39 is 17.8 Å². The molecule has 1 aliphatic rings. The summed E-state index contributed by atoms with van der Waals surface area (Å²) < 4.78 is 52.8. The van der Waals surface area contributed by atoms with Gasteiger partial charge >= 0.3 is 12.1 Å². The molecule has 8 nitrogen and oxygen atoms in total. The second-order valence-corrected chi connectivity index (χ2v) is 8.87. The Hall–Kier alpha value is -4.80. The molecule has 39 heavy (non-hydrogen) atoms. The quantitative estimate of drug-likeness (QED) is 0.340. The highest BCUT2D eigenvalue weighted by Gasteiger charge is 2.35. The number of carbonyl (C=O) groups excluding carboxylic acids is 1. The third kappa shape index (κ3) is 5.42. The Balaban J connectivity index is 1.42. The Morgan fingerprint density at radius 3 is 2.54 bits per heavy atom. The van der Waals surface area contributed by atoms with Gasteiger partial charge in [-0.25, -0.2) is 9.48 Å². The van der Waals surface area contributed by atoms with Crippen molar-refractivity contribution in [3.05, 3.63) is 101 Å². The van der Waals surface area contributed by atoms with Crippen LogP contribution in [0.25, 0.3) is 5.69 Å². The first-order valence-electron chi connectivity index (χ1n) is 11.9. The highest BCUT2D eigenvalue weighted by atomic mass is 19.4. The molecular weight excluding hydrogens is 515 g/mol. The van der Waals surface area contributed by atoms with Gasteiger partial charge in [0.05, 0.1) is 17.9 Å². The molecule has 1 amide bonds. The van der Waals surface area contributed by atoms with Gasteiger partial charge in [0.2, 0.25) is 5.88 Å². The Morgan fingerprint density at radius 2 is 1.82 bits per heavy atom. The Bertz CT molecular complexity index is 1550. The van der Waals surface area contributed by atoms with Crippen LogP contribution in [0.1, 0.15) is 37.5 Å². The Kier molecular flexibility index (Phi) is 6.73. The second-order valence-electron chi connectivity index (χ2n) is 8.87. The minimum absolute atomic E-state index is 0.0713. The molecule has 3 aromatic carbocycles. The van der Waals surface area contributed by atoms with E-state index >= 15 is 0 Å². The molecule has 1 aromatic heterocycles. The molecule has 2 heterocycles. The van der Waals surface area contributed by atoms with Crippen LogP contribution in [0.2, 0.25) is 0 Å². The smallest absolute Gasteiger partial charge is 0.435 e. The first-order chi connectivity index (χ1) is 18.6. The summed E-state index contributed by atoms with van der Waals surface area (Å²) in [6.45, 7) is 0.449. The lowest BCUT2D eigenvalue weighted by atomic mass is 10.1. The number of fused-ring (bicyclic) bond motifs is 1. The molecule has 0 bridgehead atoms. The van der Waals surface area contributed by atoms with E-state index in [9.17, 15) is 22.8 Å². The lowest BCUT2D eigenvalue weighted by molar-refractivity contribution is -0.141. The number of anilines is 1. The Labute approximate surface area is 220 Å². The van der Waals surface area contributed by atoms with E-state index in [2.05, 4.69) is 5.10 Å². The summed E-state index contributed by atoms with van der Waals surface area (Å²) in [5.74, 6) is -0.950. The van der Waals surface area contributed by atoms with Gasteiger partial charge in [-0.1, -0.05) is 24.3 Å². The van der Waals surface area contributed by atoms with Crippen LogP contribution in [0.5, 0.6) is 11.6 Å². The fourth-order valence-corrected chi connectivity index (χ4v) is 4.14. The summed E-state index contributed by atoms with van der Waals surface area (Å²) in [4.78, 5) is 25.8. The van der Waals surface area contributed by atoms with Crippen LogP contribution in [-0.4, -0.2) is 40.4 Å². The molecule has 5 rings (SSSR count). The average molecular weight is 537 g/mol. The number of aromatic nitrogens is 2. The van der Waals surface area contributed by atoms with Gasteiger partial charge in [0.15, 0.2) is 5.69 Å². The molecule has 0 spiro atoms. The van der Waals surface area contributed by atoms with Crippen molar-refractivity contribution in [1.82, 2.24) is 9.78 Å². The number of hydrogen-bond acceptors (Lipinski definition) is 5. The number of carbonyl (C=O) groups is 2. The molecule has 200 valence electrons. The zero-order valence-corrected chi connectivity index (χ0v) is 20.6. The van der Waals surface area contributed by atoms with Crippen molar-refractivity contribution in [2.24, 2.45) is 0 Å². The molecule has 0 atom stereocenters. The minimum atomic E-state index is -4.73. The molecule has 0 unspecified atom stereocenters. The van der Waals surface area contributed by atoms with Gasteiger partial charge in [-0.05, 0) is 47.5 Å². The molecule has 0 aliphatic carbocycles. The average Bonchev–Trinajstić information content (AvgIpc) is 3.58. The molecule has 0 radical (unpaired) electrons. The van der Waals surface area contributed by atoms with Crippen molar-refractivity contribution in [2.75, 3.05) is 18.6 Å². The molecule has 0 saturated carbocycles. The van der Waals surface area contributed by atoms with Crippen molar-refractivity contribution in [3.63, 3.8) is 0 Å². The SMILES string of the molecule is CN(C(=O)c1cccc(-n2nc(C(F)(F)F)cc2OCc2ccc(C(=O)O)cc2)c1)c1ccc2c(c1)OCC2. The third-order valence-electron chi connectivity index (χ3n) is 6.26. The molecule has 0 saturated heterocycles. The third-order valence-corrected chi connectivity index (χ3v) is 6.26. The summed E-state index contributed by atoms with van der Waals surface area (Å²) in [6, 6.07) is 18.1. The van der Waals surface area contributed by atoms with Crippen LogP contribution in [0, 0.1) is 0 Å². The zero-order chi connectivity index (χ0) is 27.7. The topological polar surface area (TPSA) is 93.9 Å². The summed E-state index contributed by atoms with van der Waals surface area (Å²) in [5.41, 5.74) is 1.56. The van der Waals surface area contributed by atoms with Gasteiger partial charge in [-0.2, -0.15) is 18.3 Å². The van der Waals surface area contributed by atoms with Gasteiger partial charge in [0.1, 0.15) is 12.4 Å². The van der Waals surface area contributed by atoms with Crippen molar-refractivity contribution >= 4 is 17.6 Å². The van der Waals surface area contributed by atoms with Gasteiger partial charge in [0, 0.05) is 36.9 Å². The van der Waals surface area contributed by atoms with Gasteiger partial charge < -0.3 is 19.5 Å². The van der Waals surface area contributed by atoms with Crippen LogP contribution < -0.4 is 14.4 Å². The standard InChI is InChI=1S/C28H22F3N3O5/c1-33(21-10-9-18-11-12-38-23(18)14-21)26(35)20-3-2-4-22(13-20)34-25(15-24(32-34)28(29,30)31)39-16-17-5-7-19(8-6-17)27(36)37/h2-10,13-15H,11-12,16H2,1H3,(H,36,37).